The van der Waals surface area contributed by atoms with Crippen LogP contribution in [0.1, 0.15) is 46.4 Å². The maximum Gasteiger partial charge on any atom is 0.271 e. The van der Waals surface area contributed by atoms with Crippen LogP contribution in [0.3, 0.4) is 0 Å². The summed E-state index contributed by atoms with van der Waals surface area (Å²) in [6.07, 6.45) is 3.37. The Bertz CT molecular complexity index is 713. The fourth-order valence-corrected chi connectivity index (χ4v) is 4.17. The zero-order valence-corrected chi connectivity index (χ0v) is 16.2. The maximum absolute atomic E-state index is 12.2. The van der Waals surface area contributed by atoms with Crippen molar-refractivity contribution >= 4 is 17.2 Å². The highest BCUT2D eigenvalue weighted by Crippen LogP contribution is 2.18. The molecule has 1 unspecified atom stereocenters. The topological polar surface area (TPSA) is 71.2 Å². The summed E-state index contributed by atoms with van der Waals surface area (Å²) in [5.41, 5.74) is 8.44. The Hall–Kier alpha value is -1.76. The molecule has 1 aromatic carbocycles. The van der Waals surface area contributed by atoms with Crippen molar-refractivity contribution in [2.45, 2.75) is 39.3 Å². The zero-order chi connectivity index (χ0) is 18.4. The van der Waals surface area contributed by atoms with Gasteiger partial charge in [-0.1, -0.05) is 31.2 Å². The lowest BCUT2D eigenvalue weighted by Crippen LogP contribution is -2.33. The molecule has 1 amide bonds. The van der Waals surface area contributed by atoms with Crippen LogP contribution in [0.5, 0.6) is 0 Å². The third kappa shape index (κ3) is 5.37. The summed E-state index contributed by atoms with van der Waals surface area (Å²) in [4.78, 5) is 19.0. The third-order valence-electron chi connectivity index (χ3n) is 4.77. The second-order valence-electron chi connectivity index (χ2n) is 7.15. The van der Waals surface area contributed by atoms with Gasteiger partial charge in [0.2, 0.25) is 0 Å². The molecule has 6 heteroatoms. The Morgan fingerprint density at radius 2 is 2.12 bits per heavy atom. The first-order chi connectivity index (χ1) is 12.6. The van der Waals surface area contributed by atoms with Crippen LogP contribution < -0.4 is 11.1 Å². The number of thiazole rings is 1. The molecule has 3 rings (SSSR count). The van der Waals surface area contributed by atoms with Gasteiger partial charge in [-0.25, -0.2) is 4.98 Å². The van der Waals surface area contributed by atoms with Crippen molar-refractivity contribution in [3.8, 4) is 0 Å². The number of rotatable bonds is 7. The zero-order valence-electron chi connectivity index (χ0n) is 15.4. The van der Waals surface area contributed by atoms with Gasteiger partial charge in [-0.05, 0) is 43.0 Å². The van der Waals surface area contributed by atoms with Crippen LogP contribution in [0, 0.1) is 5.92 Å². The molecule has 0 bridgehead atoms. The van der Waals surface area contributed by atoms with E-state index in [0.29, 0.717) is 18.8 Å². The van der Waals surface area contributed by atoms with E-state index in [0.717, 1.165) is 29.5 Å². The summed E-state index contributed by atoms with van der Waals surface area (Å²) in [6.45, 7) is 6.80. The van der Waals surface area contributed by atoms with Crippen LogP contribution in [0.25, 0.3) is 0 Å². The highest BCUT2D eigenvalue weighted by molar-refractivity contribution is 7.09. The third-order valence-corrected chi connectivity index (χ3v) is 5.67. The largest absolute Gasteiger partial charge is 0.347 e. The van der Waals surface area contributed by atoms with Gasteiger partial charge in [-0.3, -0.25) is 9.69 Å². The summed E-state index contributed by atoms with van der Waals surface area (Å²) in [7, 11) is 0. The van der Waals surface area contributed by atoms with Crippen LogP contribution in [0.2, 0.25) is 0 Å². The van der Waals surface area contributed by atoms with E-state index in [4.69, 9.17) is 5.73 Å². The van der Waals surface area contributed by atoms with Crippen molar-refractivity contribution in [1.29, 1.82) is 0 Å². The normalized spacial score (nSPS) is 18.0. The molecule has 1 aliphatic rings. The van der Waals surface area contributed by atoms with Crippen LogP contribution in [-0.4, -0.2) is 35.4 Å². The Morgan fingerprint density at radius 3 is 2.85 bits per heavy atom. The number of amides is 1. The summed E-state index contributed by atoms with van der Waals surface area (Å²) < 4.78 is 0. The molecule has 140 valence electrons. The van der Waals surface area contributed by atoms with E-state index < -0.39 is 0 Å². The molecular formula is C20H28N4OS. The maximum atomic E-state index is 12.2. The predicted molar refractivity (Wildman–Crippen MR) is 106 cm³/mol. The average Bonchev–Trinajstić information content (AvgIpc) is 3.10. The molecule has 5 nitrogen and oxygen atoms in total. The summed E-state index contributed by atoms with van der Waals surface area (Å²) in [5.74, 6) is 0.672. The van der Waals surface area contributed by atoms with Crippen molar-refractivity contribution in [1.82, 2.24) is 15.2 Å². The number of likely N-dealkylation sites (tertiary alicyclic amines) is 1. The second kappa shape index (κ2) is 9.26. The van der Waals surface area contributed by atoms with Gasteiger partial charge in [0, 0.05) is 31.4 Å². The number of aromatic nitrogens is 1. The summed E-state index contributed by atoms with van der Waals surface area (Å²) in [5, 5.41) is 5.65. The number of piperidine rings is 1. The van der Waals surface area contributed by atoms with Gasteiger partial charge < -0.3 is 11.1 Å². The number of nitrogens with zero attached hydrogens (tertiary/aromatic N) is 2. The molecule has 1 fully saturated rings. The number of carbonyl (C=O) groups is 1. The number of nitrogens with two attached hydrogens (primary N) is 1. The summed E-state index contributed by atoms with van der Waals surface area (Å²) >= 11 is 1.49. The van der Waals surface area contributed by atoms with E-state index >= 15 is 0 Å². The SMILES string of the molecule is CC1CCCN(Cc2ccc(CNC(=O)c3csc(CCN)n3)cc2)C1. The standard InChI is InChI=1S/C20H28N4OS/c1-15-3-2-10-24(12-15)13-17-6-4-16(5-7-17)11-22-20(25)18-14-26-19(23-18)8-9-21/h4-7,14-15H,2-3,8-13,21H2,1H3,(H,22,25). The van der Waals surface area contributed by atoms with Crippen LogP contribution in [0.15, 0.2) is 29.6 Å². The van der Waals surface area contributed by atoms with Gasteiger partial charge in [0.05, 0.1) is 5.01 Å². The fraction of sp³-hybridized carbons (Fsp3) is 0.500. The summed E-state index contributed by atoms with van der Waals surface area (Å²) in [6, 6.07) is 8.54. The van der Waals surface area contributed by atoms with E-state index in [2.05, 4.69) is 46.4 Å². The second-order valence-corrected chi connectivity index (χ2v) is 8.09. The number of hydrogen-bond donors (Lipinski definition) is 2. The van der Waals surface area contributed by atoms with Crippen LogP contribution >= 0.6 is 11.3 Å². The molecule has 0 spiro atoms. The Morgan fingerprint density at radius 1 is 1.35 bits per heavy atom. The highest BCUT2D eigenvalue weighted by atomic mass is 32.1. The Labute approximate surface area is 159 Å². The molecule has 2 aromatic rings. The molecule has 26 heavy (non-hydrogen) atoms. The van der Waals surface area contributed by atoms with E-state index in [-0.39, 0.29) is 5.91 Å². The molecule has 2 heterocycles. The minimum Gasteiger partial charge on any atom is -0.347 e. The van der Waals surface area contributed by atoms with Gasteiger partial charge in [0.25, 0.3) is 5.91 Å². The van der Waals surface area contributed by atoms with Gasteiger partial charge in [0.15, 0.2) is 0 Å². The smallest absolute Gasteiger partial charge is 0.271 e. The minimum absolute atomic E-state index is 0.129. The van der Waals surface area contributed by atoms with Crippen LogP contribution in [-0.2, 0) is 19.5 Å². The van der Waals surface area contributed by atoms with E-state index in [9.17, 15) is 4.79 Å². The molecule has 0 radical (unpaired) electrons. The minimum atomic E-state index is -0.129. The first-order valence-electron chi connectivity index (χ1n) is 9.37. The molecule has 0 saturated carbocycles. The highest BCUT2D eigenvalue weighted by Gasteiger charge is 2.16. The molecule has 0 aliphatic carbocycles. The van der Waals surface area contributed by atoms with Gasteiger partial charge in [0.1, 0.15) is 5.69 Å². The number of nitrogens with one attached hydrogen (secondary N) is 1. The van der Waals surface area contributed by atoms with Crippen molar-refractivity contribution in [2.24, 2.45) is 11.7 Å². The van der Waals surface area contributed by atoms with Gasteiger partial charge in [-0.15, -0.1) is 11.3 Å². The van der Waals surface area contributed by atoms with Crippen molar-refractivity contribution in [3.63, 3.8) is 0 Å². The lowest BCUT2D eigenvalue weighted by molar-refractivity contribution is 0.0946. The molecule has 3 N–H and O–H groups in total. The quantitative estimate of drug-likeness (QED) is 0.784. The number of benzene rings is 1. The van der Waals surface area contributed by atoms with Gasteiger partial charge in [-0.2, -0.15) is 0 Å². The lowest BCUT2D eigenvalue weighted by Gasteiger charge is -2.30. The first-order valence-corrected chi connectivity index (χ1v) is 10.2. The molecular weight excluding hydrogens is 344 g/mol. The van der Waals surface area contributed by atoms with E-state index in [1.165, 1.54) is 42.8 Å². The predicted octanol–water partition coefficient (Wildman–Crippen LogP) is 2.81. The van der Waals surface area contributed by atoms with Crippen molar-refractivity contribution < 1.29 is 4.79 Å². The first kappa shape index (κ1) is 19.0. The molecule has 1 saturated heterocycles. The van der Waals surface area contributed by atoms with Crippen LogP contribution in [0.4, 0.5) is 0 Å². The van der Waals surface area contributed by atoms with E-state index in [1.54, 1.807) is 5.38 Å². The Kier molecular flexibility index (Phi) is 6.77. The van der Waals surface area contributed by atoms with Crippen molar-refractivity contribution in [2.75, 3.05) is 19.6 Å². The fourth-order valence-electron chi connectivity index (χ4n) is 3.38. The van der Waals surface area contributed by atoms with Gasteiger partial charge >= 0.3 is 0 Å². The lowest BCUT2D eigenvalue weighted by atomic mass is 9.99. The monoisotopic (exact) mass is 372 g/mol. The van der Waals surface area contributed by atoms with Crippen molar-refractivity contribution in [3.05, 3.63) is 51.5 Å². The molecule has 1 aromatic heterocycles. The average molecular weight is 373 g/mol. The number of hydrogen-bond acceptors (Lipinski definition) is 5. The molecule has 1 aliphatic heterocycles. The van der Waals surface area contributed by atoms with E-state index in [1.807, 2.05) is 0 Å². The molecule has 1 atom stereocenters. The number of carbonyl (C=O) groups excluding carboxylic acids is 1. The Balaban J connectivity index is 1.48.